The molecule has 7 aromatic rings. The molecule has 0 aliphatic rings. The highest BCUT2D eigenvalue weighted by Crippen LogP contribution is 2.40. The van der Waals surface area contributed by atoms with Crippen molar-refractivity contribution in [2.75, 3.05) is 0 Å². The van der Waals surface area contributed by atoms with Gasteiger partial charge in [0.1, 0.15) is 17.3 Å². The molecule has 0 saturated carbocycles. The zero-order valence-corrected chi connectivity index (χ0v) is 24.2. The molecule has 0 radical (unpaired) electrons. The fourth-order valence-electron chi connectivity index (χ4n) is 6.49. The minimum atomic E-state index is -0.131. The van der Waals surface area contributed by atoms with Gasteiger partial charge in [-0.25, -0.2) is 0 Å². The molecule has 212 valence electrons. The van der Waals surface area contributed by atoms with Crippen LogP contribution in [0.4, 0.5) is 0 Å². The Balaban J connectivity index is 1.37. The van der Waals surface area contributed by atoms with Crippen LogP contribution in [0, 0.1) is 0 Å². The number of furan rings is 3. The van der Waals surface area contributed by atoms with E-state index in [1.165, 1.54) is 0 Å². The Labute approximate surface area is 244 Å². The zero-order valence-electron chi connectivity index (χ0n) is 24.2. The number of hydrogen-bond acceptors (Lipinski definition) is 3. The maximum atomic E-state index is 6.11. The van der Waals surface area contributed by atoms with Gasteiger partial charge < -0.3 is 31.5 Å². The summed E-state index contributed by atoms with van der Waals surface area (Å²) in [5, 5.41) is 0. The van der Waals surface area contributed by atoms with Crippen molar-refractivity contribution >= 4 is 0 Å². The molecule has 7 heterocycles. The first-order valence-corrected chi connectivity index (χ1v) is 14.2. The van der Waals surface area contributed by atoms with Gasteiger partial charge in [0.05, 0.1) is 36.5 Å². The van der Waals surface area contributed by atoms with Crippen LogP contribution in [0.2, 0.25) is 0 Å². The van der Waals surface area contributed by atoms with E-state index in [4.69, 9.17) is 13.3 Å². The molecule has 0 aliphatic carbocycles. The van der Waals surface area contributed by atoms with E-state index in [9.17, 15) is 0 Å². The van der Waals surface area contributed by atoms with Gasteiger partial charge in [0, 0.05) is 74.7 Å². The summed E-state index contributed by atoms with van der Waals surface area (Å²) in [7, 11) is 8.43. The van der Waals surface area contributed by atoms with Gasteiger partial charge in [0.2, 0.25) is 0 Å². The number of hydrogen-bond donors (Lipinski definition) is 0. The number of rotatable bonds is 9. The molecule has 2 unspecified atom stereocenters. The Morgan fingerprint density at radius 3 is 1.00 bits per heavy atom. The predicted octanol–water partition coefficient (Wildman–Crippen LogP) is 7.36. The zero-order chi connectivity index (χ0) is 28.8. The molecule has 7 heteroatoms. The maximum absolute atomic E-state index is 6.11. The molecule has 2 atom stereocenters. The largest absolute Gasteiger partial charge is 0.468 e. The number of aromatic nitrogens is 4. The lowest BCUT2D eigenvalue weighted by molar-refractivity contribution is 0.477. The highest BCUT2D eigenvalue weighted by atomic mass is 16.3. The third-order valence-corrected chi connectivity index (χ3v) is 8.62. The summed E-state index contributed by atoms with van der Waals surface area (Å²) in [5.74, 6) is 2.46. The molecule has 0 amide bonds. The van der Waals surface area contributed by atoms with Gasteiger partial charge in [-0.2, -0.15) is 0 Å². The second kappa shape index (κ2) is 10.4. The molecule has 0 spiro atoms. The second-order valence-electron chi connectivity index (χ2n) is 10.9. The Kier molecular flexibility index (Phi) is 6.42. The predicted molar refractivity (Wildman–Crippen MR) is 161 cm³/mol. The second-order valence-corrected chi connectivity index (χ2v) is 10.9. The van der Waals surface area contributed by atoms with Crippen molar-refractivity contribution in [1.82, 2.24) is 18.3 Å². The van der Waals surface area contributed by atoms with Crippen molar-refractivity contribution in [1.29, 1.82) is 0 Å². The van der Waals surface area contributed by atoms with E-state index in [2.05, 4.69) is 126 Å². The SMILES string of the molecule is Cn1cccc1C(c1ccco1)c1ccc(C(c2ccco2)c2ccc(C(c3ccco3)c3cccn3C)n2C)n1C. The molecule has 7 aromatic heterocycles. The maximum Gasteiger partial charge on any atom is 0.118 e. The van der Waals surface area contributed by atoms with E-state index in [-0.39, 0.29) is 17.8 Å². The fourth-order valence-corrected chi connectivity index (χ4v) is 6.49. The summed E-state index contributed by atoms with van der Waals surface area (Å²) in [6.45, 7) is 0. The lowest BCUT2D eigenvalue weighted by Crippen LogP contribution is -2.17. The van der Waals surface area contributed by atoms with Crippen molar-refractivity contribution in [2.45, 2.75) is 17.8 Å². The molecule has 42 heavy (non-hydrogen) atoms. The van der Waals surface area contributed by atoms with E-state index >= 15 is 0 Å². The van der Waals surface area contributed by atoms with E-state index in [0.29, 0.717) is 0 Å². The van der Waals surface area contributed by atoms with E-state index < -0.39 is 0 Å². The monoisotopic (exact) mass is 558 g/mol. The van der Waals surface area contributed by atoms with Crippen LogP contribution in [0.5, 0.6) is 0 Å². The lowest BCUT2D eigenvalue weighted by Gasteiger charge is -2.23. The Morgan fingerprint density at radius 1 is 0.405 bits per heavy atom. The normalized spacial score (nSPS) is 13.9. The van der Waals surface area contributed by atoms with Crippen molar-refractivity contribution in [2.24, 2.45) is 28.2 Å². The van der Waals surface area contributed by atoms with Gasteiger partial charge >= 0.3 is 0 Å². The van der Waals surface area contributed by atoms with Crippen LogP contribution in [0.25, 0.3) is 0 Å². The van der Waals surface area contributed by atoms with Gasteiger partial charge in [-0.15, -0.1) is 0 Å². The van der Waals surface area contributed by atoms with Crippen LogP contribution < -0.4 is 0 Å². The van der Waals surface area contributed by atoms with Crippen LogP contribution in [-0.4, -0.2) is 18.3 Å². The average molecular weight is 559 g/mol. The van der Waals surface area contributed by atoms with Crippen molar-refractivity contribution in [3.05, 3.63) is 168 Å². The van der Waals surface area contributed by atoms with Gasteiger partial charge in [-0.3, -0.25) is 0 Å². The molecule has 0 saturated heterocycles. The van der Waals surface area contributed by atoms with Gasteiger partial charge in [0.15, 0.2) is 0 Å². The molecule has 0 N–H and O–H groups in total. The quantitative estimate of drug-likeness (QED) is 0.186. The van der Waals surface area contributed by atoms with Crippen LogP contribution in [0.15, 0.2) is 129 Å². The highest BCUT2D eigenvalue weighted by molar-refractivity contribution is 5.44. The van der Waals surface area contributed by atoms with Crippen molar-refractivity contribution < 1.29 is 13.3 Å². The molecular weight excluding hydrogens is 524 g/mol. The minimum Gasteiger partial charge on any atom is -0.468 e. The summed E-state index contributed by atoms with van der Waals surface area (Å²) < 4.78 is 27.0. The number of aryl methyl sites for hydroxylation is 2. The van der Waals surface area contributed by atoms with Gasteiger partial charge in [0.25, 0.3) is 0 Å². The number of nitrogens with zero attached hydrogens (tertiary/aromatic N) is 4. The third-order valence-electron chi connectivity index (χ3n) is 8.62. The molecule has 0 aliphatic heterocycles. The molecule has 7 rings (SSSR count). The van der Waals surface area contributed by atoms with E-state index in [1.54, 1.807) is 18.8 Å². The minimum absolute atomic E-state index is 0.0550. The highest BCUT2D eigenvalue weighted by Gasteiger charge is 2.32. The Morgan fingerprint density at radius 2 is 0.738 bits per heavy atom. The molecule has 0 fully saturated rings. The summed E-state index contributed by atoms with van der Waals surface area (Å²) in [5.41, 5.74) is 6.88. The van der Waals surface area contributed by atoms with E-state index in [1.807, 2.05) is 18.2 Å². The molecule has 0 aromatic carbocycles. The van der Waals surface area contributed by atoms with Gasteiger partial charge in [-0.05, 0) is 84.9 Å². The first kappa shape index (κ1) is 25.9. The summed E-state index contributed by atoms with van der Waals surface area (Å²) >= 11 is 0. The standard InChI is InChI=1S/C35H34N4O3/c1-36-19-5-10-24(36)33(30-12-7-21-40-30)26-15-17-28(38(26)3)35(32-14-9-23-42-32)29-18-16-27(39(29)4)34(31-13-8-22-41-31)25-11-6-20-37(25)2/h5-23,33-35H,1-4H3. The van der Waals surface area contributed by atoms with Gasteiger partial charge in [-0.1, -0.05) is 0 Å². The summed E-state index contributed by atoms with van der Waals surface area (Å²) in [4.78, 5) is 0. The Bertz CT molecular complexity index is 1770. The topological polar surface area (TPSA) is 59.1 Å². The summed E-state index contributed by atoms with van der Waals surface area (Å²) in [6.07, 6.45) is 9.40. The molecule has 0 bridgehead atoms. The molecular formula is C35H34N4O3. The van der Waals surface area contributed by atoms with Crippen LogP contribution in [0.1, 0.15) is 69.2 Å². The first-order chi connectivity index (χ1) is 20.5. The van der Waals surface area contributed by atoms with E-state index in [0.717, 1.165) is 51.4 Å². The smallest absolute Gasteiger partial charge is 0.118 e. The summed E-state index contributed by atoms with van der Waals surface area (Å²) in [6, 6.07) is 29.4. The van der Waals surface area contributed by atoms with Crippen molar-refractivity contribution in [3.63, 3.8) is 0 Å². The third kappa shape index (κ3) is 4.20. The molecule has 7 nitrogen and oxygen atoms in total. The van der Waals surface area contributed by atoms with Crippen molar-refractivity contribution in [3.8, 4) is 0 Å². The first-order valence-electron chi connectivity index (χ1n) is 14.2. The van der Waals surface area contributed by atoms with Crippen LogP contribution in [-0.2, 0) is 28.2 Å². The van der Waals surface area contributed by atoms with Crippen LogP contribution in [0.3, 0.4) is 0 Å². The Hall–Kier alpha value is -5.04. The lowest BCUT2D eigenvalue weighted by atomic mass is 9.97. The fraction of sp³-hybridized carbons (Fsp3) is 0.200. The average Bonchev–Trinajstić information content (AvgIpc) is 3.82. The van der Waals surface area contributed by atoms with Crippen LogP contribution >= 0.6 is 0 Å².